The molecule has 1 heterocycles. The van der Waals surface area contributed by atoms with Crippen molar-refractivity contribution in [3.8, 4) is 11.1 Å². The number of fused-ring (bicyclic) bond motifs is 3. The Hall–Kier alpha value is -2.32. The topological polar surface area (TPSA) is 13.1 Å². The summed E-state index contributed by atoms with van der Waals surface area (Å²) in [4.78, 5) is 0. The van der Waals surface area contributed by atoms with Gasteiger partial charge in [-0.25, -0.2) is 0 Å². The maximum atomic E-state index is 6.42. The molecule has 0 saturated carbocycles. The zero-order chi connectivity index (χ0) is 18.2. The molecule has 0 amide bonds. The minimum atomic E-state index is 0.0963. The molecular formula is C24H15BrOSe. The number of halogens is 1. The zero-order valence-corrected chi connectivity index (χ0v) is 17.7. The normalized spacial score (nSPS) is 11.3. The summed E-state index contributed by atoms with van der Waals surface area (Å²) in [5.74, 6) is 0. The Kier molecular flexibility index (Phi) is 4.37. The first-order valence-electron chi connectivity index (χ1n) is 8.73. The van der Waals surface area contributed by atoms with Crippen LogP contribution in [0.15, 0.2) is 99.9 Å². The van der Waals surface area contributed by atoms with E-state index in [-0.39, 0.29) is 15.0 Å². The molecule has 3 heteroatoms. The number of hydrogen-bond acceptors (Lipinski definition) is 1. The van der Waals surface area contributed by atoms with Gasteiger partial charge >= 0.3 is 173 Å². The van der Waals surface area contributed by atoms with Crippen LogP contribution >= 0.6 is 15.9 Å². The van der Waals surface area contributed by atoms with Gasteiger partial charge in [-0.15, -0.1) is 0 Å². The van der Waals surface area contributed by atoms with Crippen LogP contribution < -0.4 is 9.12 Å². The summed E-state index contributed by atoms with van der Waals surface area (Å²) >= 11 is 3.72. The molecule has 5 aromatic rings. The van der Waals surface area contributed by atoms with Gasteiger partial charge in [0.2, 0.25) is 0 Å². The minimum absolute atomic E-state index is 0.0963. The molecule has 0 aliphatic heterocycles. The SMILES string of the molecule is Brc1cccc(-c2c([Se]c3ccccc3)oc3ccc4ccccc4c23)c1. The average Bonchev–Trinajstić information content (AvgIpc) is 3.07. The molecule has 4 aromatic carbocycles. The summed E-state index contributed by atoms with van der Waals surface area (Å²) in [6.07, 6.45) is 0. The van der Waals surface area contributed by atoms with Crippen LogP contribution in [0.1, 0.15) is 0 Å². The molecule has 0 radical (unpaired) electrons. The van der Waals surface area contributed by atoms with Crippen LogP contribution in [0.25, 0.3) is 32.9 Å². The molecule has 0 bridgehead atoms. The fourth-order valence-corrected chi connectivity index (χ4v) is 5.84. The van der Waals surface area contributed by atoms with E-state index >= 15 is 0 Å². The number of benzene rings is 4. The average molecular weight is 478 g/mol. The van der Waals surface area contributed by atoms with Gasteiger partial charge in [0.1, 0.15) is 0 Å². The molecule has 1 nitrogen and oxygen atoms in total. The first kappa shape index (κ1) is 16.8. The Morgan fingerprint density at radius 3 is 2.41 bits per heavy atom. The van der Waals surface area contributed by atoms with Crippen molar-refractivity contribution in [2.24, 2.45) is 0 Å². The van der Waals surface area contributed by atoms with Gasteiger partial charge in [0, 0.05) is 0 Å². The Morgan fingerprint density at radius 1 is 0.741 bits per heavy atom. The van der Waals surface area contributed by atoms with Gasteiger partial charge in [0.25, 0.3) is 0 Å². The summed E-state index contributed by atoms with van der Waals surface area (Å²) in [6, 6.07) is 31.9. The second-order valence-corrected chi connectivity index (χ2v) is 9.46. The van der Waals surface area contributed by atoms with E-state index < -0.39 is 0 Å². The van der Waals surface area contributed by atoms with Crippen molar-refractivity contribution in [3.05, 3.63) is 95.5 Å². The monoisotopic (exact) mass is 478 g/mol. The number of hydrogen-bond donors (Lipinski definition) is 0. The van der Waals surface area contributed by atoms with Gasteiger partial charge in [-0.2, -0.15) is 0 Å². The molecule has 0 unspecified atom stereocenters. The van der Waals surface area contributed by atoms with E-state index in [0.29, 0.717) is 0 Å². The molecule has 130 valence electrons. The summed E-state index contributed by atoms with van der Waals surface area (Å²) in [5, 5.41) is 3.68. The van der Waals surface area contributed by atoms with Gasteiger partial charge in [-0.3, -0.25) is 0 Å². The van der Waals surface area contributed by atoms with Gasteiger partial charge in [-0.05, 0) is 0 Å². The quantitative estimate of drug-likeness (QED) is 0.305. The second kappa shape index (κ2) is 7.01. The van der Waals surface area contributed by atoms with E-state index in [0.717, 1.165) is 14.7 Å². The third-order valence-electron chi connectivity index (χ3n) is 4.61. The Labute approximate surface area is 172 Å². The molecule has 27 heavy (non-hydrogen) atoms. The maximum absolute atomic E-state index is 6.42. The van der Waals surface area contributed by atoms with Crippen LogP contribution in [0.4, 0.5) is 0 Å². The predicted octanol–water partition coefficient (Wildman–Crippen LogP) is 5.67. The summed E-state index contributed by atoms with van der Waals surface area (Å²) in [6.45, 7) is 0. The molecular weight excluding hydrogens is 463 g/mol. The third-order valence-corrected chi connectivity index (χ3v) is 7.17. The summed E-state index contributed by atoms with van der Waals surface area (Å²) in [5.41, 5.74) is 3.36. The van der Waals surface area contributed by atoms with Crippen molar-refractivity contribution in [1.29, 1.82) is 0 Å². The number of furan rings is 1. The summed E-state index contributed by atoms with van der Waals surface area (Å²) in [7, 11) is 0. The second-order valence-electron chi connectivity index (χ2n) is 6.35. The van der Waals surface area contributed by atoms with E-state index in [1.54, 1.807) is 0 Å². The van der Waals surface area contributed by atoms with E-state index in [2.05, 4.69) is 107 Å². The molecule has 0 aliphatic carbocycles. The molecule has 0 N–H and O–H groups in total. The predicted molar refractivity (Wildman–Crippen MR) is 118 cm³/mol. The third kappa shape index (κ3) is 3.12. The fourth-order valence-electron chi connectivity index (χ4n) is 3.42. The van der Waals surface area contributed by atoms with Crippen LogP contribution in [0.3, 0.4) is 0 Å². The van der Waals surface area contributed by atoms with E-state index in [9.17, 15) is 0 Å². The van der Waals surface area contributed by atoms with Gasteiger partial charge in [0.15, 0.2) is 0 Å². The van der Waals surface area contributed by atoms with Gasteiger partial charge in [0.05, 0.1) is 0 Å². The van der Waals surface area contributed by atoms with E-state index in [1.165, 1.54) is 31.7 Å². The number of rotatable bonds is 3. The molecule has 0 atom stereocenters. The first-order chi connectivity index (χ1) is 13.3. The van der Waals surface area contributed by atoms with Crippen molar-refractivity contribution >= 4 is 61.7 Å². The van der Waals surface area contributed by atoms with Crippen LogP contribution in [0.2, 0.25) is 0 Å². The van der Waals surface area contributed by atoms with Gasteiger partial charge < -0.3 is 0 Å². The Morgan fingerprint density at radius 2 is 1.56 bits per heavy atom. The molecule has 0 saturated heterocycles. The van der Waals surface area contributed by atoms with Crippen molar-refractivity contribution in [1.82, 2.24) is 0 Å². The van der Waals surface area contributed by atoms with Crippen LogP contribution in [0.5, 0.6) is 0 Å². The Bertz CT molecular complexity index is 1260. The molecule has 0 spiro atoms. The molecule has 0 aliphatic rings. The van der Waals surface area contributed by atoms with Gasteiger partial charge in [-0.1, -0.05) is 0 Å². The summed E-state index contributed by atoms with van der Waals surface area (Å²) < 4.78 is 9.87. The fraction of sp³-hybridized carbons (Fsp3) is 0. The van der Waals surface area contributed by atoms with Crippen molar-refractivity contribution < 1.29 is 4.42 Å². The first-order valence-corrected chi connectivity index (χ1v) is 11.2. The van der Waals surface area contributed by atoms with Crippen molar-refractivity contribution in [2.45, 2.75) is 0 Å². The molecule has 5 rings (SSSR count). The molecule has 0 fully saturated rings. The van der Waals surface area contributed by atoms with E-state index in [4.69, 9.17) is 4.42 Å². The van der Waals surface area contributed by atoms with Crippen molar-refractivity contribution in [3.63, 3.8) is 0 Å². The standard InChI is InChI=1S/C24H15BrOSe/c25-18-9-6-8-17(15-18)22-23-20-12-5-4-7-16(20)13-14-21(23)26-24(22)27-19-10-2-1-3-11-19/h1-15H. The molecule has 1 aromatic heterocycles. The van der Waals surface area contributed by atoms with Crippen molar-refractivity contribution in [2.75, 3.05) is 0 Å². The Balaban J connectivity index is 1.83. The van der Waals surface area contributed by atoms with Crippen LogP contribution in [-0.4, -0.2) is 15.0 Å². The van der Waals surface area contributed by atoms with Crippen LogP contribution in [0, 0.1) is 0 Å². The van der Waals surface area contributed by atoms with E-state index in [1.807, 2.05) is 0 Å². The van der Waals surface area contributed by atoms with Crippen LogP contribution in [-0.2, 0) is 0 Å². The zero-order valence-electron chi connectivity index (χ0n) is 14.4.